The third-order valence-corrected chi connectivity index (χ3v) is 8.29. The molecule has 2 aromatic heterocycles. The van der Waals surface area contributed by atoms with E-state index in [1.807, 2.05) is 11.0 Å². The number of carboxylic acids is 1. The third kappa shape index (κ3) is 5.53. The van der Waals surface area contributed by atoms with Crippen LogP contribution in [0, 0.1) is 5.92 Å². The predicted octanol–water partition coefficient (Wildman–Crippen LogP) is 8.72. The average molecular weight is 602 g/mol. The molecule has 1 saturated heterocycles. The molecule has 1 saturated carbocycles. The summed E-state index contributed by atoms with van der Waals surface area (Å²) in [6, 6.07) is 10.5. The molecule has 4 aromatic rings. The molecule has 41 heavy (non-hydrogen) atoms. The van der Waals surface area contributed by atoms with Crippen molar-refractivity contribution < 1.29 is 27.6 Å². The van der Waals surface area contributed by atoms with Gasteiger partial charge < -0.3 is 14.5 Å². The van der Waals surface area contributed by atoms with E-state index >= 15 is 0 Å². The second-order valence-electron chi connectivity index (χ2n) is 10.4. The van der Waals surface area contributed by atoms with Crippen LogP contribution in [0.3, 0.4) is 0 Å². The molecule has 2 fully saturated rings. The van der Waals surface area contributed by atoms with Crippen LogP contribution in [0.15, 0.2) is 53.1 Å². The summed E-state index contributed by atoms with van der Waals surface area (Å²) in [6.45, 7) is 1.29. The number of alkyl halides is 3. The highest BCUT2D eigenvalue weighted by atomic mass is 35.5. The number of nitrogens with zero attached hydrogens (tertiary/aromatic N) is 3. The van der Waals surface area contributed by atoms with E-state index in [0.717, 1.165) is 37.0 Å². The molecule has 1 N–H and O–H groups in total. The number of allylic oxidation sites excluding steroid dienone is 1. The van der Waals surface area contributed by atoms with Crippen molar-refractivity contribution in [1.82, 2.24) is 10.1 Å². The van der Waals surface area contributed by atoms with Gasteiger partial charge in [0.15, 0.2) is 0 Å². The Labute approximate surface area is 243 Å². The average Bonchev–Trinajstić information content (AvgIpc) is 3.70. The molecule has 0 amide bonds. The van der Waals surface area contributed by atoms with E-state index < -0.39 is 23.4 Å². The van der Waals surface area contributed by atoms with Gasteiger partial charge in [-0.2, -0.15) is 13.2 Å². The Morgan fingerprint density at radius 1 is 1.05 bits per heavy atom. The van der Waals surface area contributed by atoms with Gasteiger partial charge in [-0.15, -0.1) is 0 Å². The zero-order chi connectivity index (χ0) is 28.9. The summed E-state index contributed by atoms with van der Waals surface area (Å²) in [5.41, 5.74) is 1.13. The molecule has 1 aliphatic heterocycles. The maximum Gasteiger partial charge on any atom is 0.417 e. The SMILES string of the molecule is O=C(O)c1cc(C(F)(F)F)c2cc(N3CCC(C=Cc4c(-c5c(Cl)cccc5Cl)noc4C4CC4)CC3)ccc2n1. The van der Waals surface area contributed by atoms with Gasteiger partial charge in [-0.25, -0.2) is 9.78 Å². The maximum atomic E-state index is 13.8. The standard InChI is InChI=1S/C30H24Cl2F3N3O3/c31-22-2-1-3-23(32)26(22)27-19(28(41-37-27)17-5-6-17)8-4-16-10-12-38(13-11-16)18-7-9-24-20(14-18)21(30(33,34)35)15-25(36-24)29(39)40/h1-4,7-9,14-17H,5-6,10-13H2,(H,39,40). The number of aromatic nitrogens is 2. The molecular weight excluding hydrogens is 578 g/mol. The number of benzene rings is 2. The fraction of sp³-hybridized carbons (Fsp3) is 0.300. The topological polar surface area (TPSA) is 79.5 Å². The lowest BCUT2D eigenvalue weighted by atomic mass is 9.94. The number of carboxylic acid groups (broad SMARTS) is 1. The van der Waals surface area contributed by atoms with Crippen molar-refractivity contribution in [3.63, 3.8) is 0 Å². The van der Waals surface area contributed by atoms with Gasteiger partial charge in [0.2, 0.25) is 0 Å². The summed E-state index contributed by atoms with van der Waals surface area (Å²) in [5, 5.41) is 14.4. The summed E-state index contributed by atoms with van der Waals surface area (Å²) in [7, 11) is 0. The molecule has 212 valence electrons. The van der Waals surface area contributed by atoms with Crippen molar-refractivity contribution in [3.05, 3.63) is 81.2 Å². The van der Waals surface area contributed by atoms with Gasteiger partial charge >= 0.3 is 12.1 Å². The van der Waals surface area contributed by atoms with Crippen LogP contribution in [0.25, 0.3) is 28.2 Å². The molecule has 0 bridgehead atoms. The fourth-order valence-corrected chi connectivity index (χ4v) is 5.93. The molecule has 11 heteroatoms. The minimum atomic E-state index is -4.71. The summed E-state index contributed by atoms with van der Waals surface area (Å²) in [5.74, 6) is -0.0987. The van der Waals surface area contributed by atoms with Crippen LogP contribution in [0.5, 0.6) is 0 Å². The van der Waals surface area contributed by atoms with E-state index in [9.17, 15) is 23.1 Å². The Hall–Kier alpha value is -3.56. The number of hydrogen-bond acceptors (Lipinski definition) is 5. The number of pyridine rings is 1. The Balaban J connectivity index is 1.22. The summed E-state index contributed by atoms with van der Waals surface area (Å²) < 4.78 is 47.1. The van der Waals surface area contributed by atoms with Crippen LogP contribution >= 0.6 is 23.2 Å². The zero-order valence-corrected chi connectivity index (χ0v) is 23.1. The number of rotatable bonds is 6. The molecule has 3 heterocycles. The van der Waals surface area contributed by atoms with Crippen molar-refractivity contribution in [3.8, 4) is 11.3 Å². The van der Waals surface area contributed by atoms with Crippen LogP contribution in [-0.4, -0.2) is 34.3 Å². The van der Waals surface area contributed by atoms with Crippen molar-refractivity contribution in [1.29, 1.82) is 0 Å². The predicted molar refractivity (Wildman–Crippen MR) is 152 cm³/mol. The van der Waals surface area contributed by atoms with E-state index in [0.29, 0.717) is 52.1 Å². The fourth-order valence-electron chi connectivity index (χ4n) is 5.35. The Kier molecular flexibility index (Phi) is 7.20. The zero-order valence-electron chi connectivity index (χ0n) is 21.6. The van der Waals surface area contributed by atoms with Gasteiger partial charge in [-0.1, -0.05) is 46.6 Å². The van der Waals surface area contributed by atoms with Crippen molar-refractivity contribution in [2.45, 2.75) is 37.8 Å². The van der Waals surface area contributed by atoms with Crippen LogP contribution in [0.2, 0.25) is 10.0 Å². The van der Waals surface area contributed by atoms with Gasteiger partial charge in [0, 0.05) is 41.2 Å². The van der Waals surface area contributed by atoms with Crippen LogP contribution < -0.4 is 4.90 Å². The van der Waals surface area contributed by atoms with Gasteiger partial charge in [0.25, 0.3) is 0 Å². The third-order valence-electron chi connectivity index (χ3n) is 7.66. The summed E-state index contributed by atoms with van der Waals surface area (Å²) in [6.07, 6.45) is 3.14. The molecule has 1 aliphatic carbocycles. The maximum absolute atomic E-state index is 13.8. The number of hydrogen-bond donors (Lipinski definition) is 1. The normalized spacial score (nSPS) is 16.7. The monoisotopic (exact) mass is 601 g/mol. The van der Waals surface area contributed by atoms with Crippen molar-refractivity contribution >= 4 is 51.8 Å². The van der Waals surface area contributed by atoms with Gasteiger partial charge in [0.1, 0.15) is 17.1 Å². The molecule has 2 aliphatic rings. The van der Waals surface area contributed by atoms with Crippen molar-refractivity contribution in [2.24, 2.45) is 5.92 Å². The first-order valence-electron chi connectivity index (χ1n) is 13.2. The number of carbonyl (C=O) groups is 1. The van der Waals surface area contributed by atoms with E-state index in [1.54, 1.807) is 24.3 Å². The van der Waals surface area contributed by atoms with Gasteiger partial charge in [-0.05, 0) is 68.0 Å². The van der Waals surface area contributed by atoms with Crippen LogP contribution in [0.4, 0.5) is 18.9 Å². The Morgan fingerprint density at radius 2 is 1.76 bits per heavy atom. The van der Waals surface area contributed by atoms with Crippen molar-refractivity contribution in [2.75, 3.05) is 18.0 Å². The number of halogens is 5. The highest BCUT2D eigenvalue weighted by Gasteiger charge is 2.35. The second kappa shape index (κ2) is 10.7. The van der Waals surface area contributed by atoms with Gasteiger partial charge in [-0.3, -0.25) is 0 Å². The van der Waals surface area contributed by atoms with E-state index in [1.165, 1.54) is 12.1 Å². The number of aromatic carboxylic acids is 1. The molecular formula is C30H24Cl2F3N3O3. The molecule has 0 unspecified atom stereocenters. The molecule has 0 atom stereocenters. The van der Waals surface area contributed by atoms with Crippen LogP contribution in [0.1, 0.15) is 59.0 Å². The van der Waals surface area contributed by atoms with Crippen LogP contribution in [-0.2, 0) is 6.18 Å². The molecule has 0 spiro atoms. The number of anilines is 1. The van der Waals surface area contributed by atoms with E-state index in [4.69, 9.17) is 27.7 Å². The van der Waals surface area contributed by atoms with E-state index in [2.05, 4.69) is 16.2 Å². The lowest BCUT2D eigenvalue weighted by Crippen LogP contribution is -2.33. The number of piperidine rings is 1. The first-order valence-corrected chi connectivity index (χ1v) is 14.0. The number of fused-ring (bicyclic) bond motifs is 1. The minimum Gasteiger partial charge on any atom is -0.477 e. The highest BCUT2D eigenvalue weighted by Crippen LogP contribution is 2.46. The highest BCUT2D eigenvalue weighted by molar-refractivity contribution is 6.39. The van der Waals surface area contributed by atoms with Gasteiger partial charge in [0.05, 0.1) is 21.1 Å². The first-order chi connectivity index (χ1) is 19.6. The second-order valence-corrected chi connectivity index (χ2v) is 11.2. The minimum absolute atomic E-state index is 0.00610. The Bertz CT molecular complexity index is 1650. The first kappa shape index (κ1) is 27.6. The molecule has 2 aromatic carbocycles. The quantitative estimate of drug-likeness (QED) is 0.238. The Morgan fingerprint density at radius 3 is 2.39 bits per heavy atom. The summed E-state index contributed by atoms with van der Waals surface area (Å²) >= 11 is 12.9. The molecule has 6 rings (SSSR count). The largest absolute Gasteiger partial charge is 0.477 e. The van der Waals surface area contributed by atoms with E-state index in [-0.39, 0.29) is 16.8 Å². The lowest BCUT2D eigenvalue weighted by Gasteiger charge is -2.32. The smallest absolute Gasteiger partial charge is 0.417 e. The molecule has 6 nitrogen and oxygen atoms in total. The molecule has 0 radical (unpaired) electrons. The lowest BCUT2D eigenvalue weighted by molar-refractivity contribution is -0.136. The summed E-state index contributed by atoms with van der Waals surface area (Å²) in [4.78, 5) is 17.3.